The molecule has 0 aliphatic carbocycles. The van der Waals surface area contributed by atoms with E-state index >= 15 is 0 Å². The number of benzene rings is 1. The summed E-state index contributed by atoms with van der Waals surface area (Å²) in [5.41, 5.74) is 1.11. The minimum Gasteiger partial charge on any atom is -0.320 e. The van der Waals surface area contributed by atoms with Crippen molar-refractivity contribution >= 4 is 10.0 Å². The molecule has 0 fully saturated rings. The first kappa shape index (κ1) is 18.1. The van der Waals surface area contributed by atoms with Gasteiger partial charge >= 0.3 is 0 Å². The third kappa shape index (κ3) is 5.77. The molecule has 120 valence electrons. The number of nitrogens with one attached hydrogen (secondary N) is 1. The number of aryl methyl sites for hydroxylation is 1. The predicted molar refractivity (Wildman–Crippen MR) is 88.0 cm³/mol. The second-order valence-corrected chi connectivity index (χ2v) is 8.72. The van der Waals surface area contributed by atoms with Crippen LogP contribution in [0.4, 0.5) is 0 Å². The molecule has 4 nitrogen and oxygen atoms in total. The summed E-state index contributed by atoms with van der Waals surface area (Å²) in [5.74, 6) is 0. The van der Waals surface area contributed by atoms with Crippen molar-refractivity contribution in [3.05, 3.63) is 29.8 Å². The number of rotatable bonds is 7. The molecule has 0 saturated carbocycles. The van der Waals surface area contributed by atoms with Gasteiger partial charge in [-0.05, 0) is 49.5 Å². The molecule has 1 aromatic carbocycles. The average Bonchev–Trinajstić information content (AvgIpc) is 2.37. The number of hydrogen-bond acceptors (Lipinski definition) is 3. The zero-order chi connectivity index (χ0) is 16.1. The summed E-state index contributed by atoms with van der Waals surface area (Å²) < 4.78 is 26.4. The Labute approximate surface area is 129 Å². The molecule has 0 aromatic heterocycles. The lowest BCUT2D eigenvalue weighted by Gasteiger charge is -2.26. The van der Waals surface area contributed by atoms with Crippen LogP contribution >= 0.6 is 0 Å². The highest BCUT2D eigenvalue weighted by Crippen LogP contribution is 2.21. The Morgan fingerprint density at radius 2 is 1.71 bits per heavy atom. The number of nitrogens with zero attached hydrogens (tertiary/aromatic N) is 1. The molecule has 0 aliphatic heterocycles. The van der Waals surface area contributed by atoms with E-state index in [9.17, 15) is 8.42 Å². The molecule has 0 atom stereocenters. The minimum atomic E-state index is -3.39. The molecule has 5 heteroatoms. The van der Waals surface area contributed by atoms with Crippen molar-refractivity contribution in [1.82, 2.24) is 9.62 Å². The fraction of sp³-hybridized carbons (Fsp3) is 0.625. The molecule has 1 aromatic rings. The first-order valence-corrected chi connectivity index (χ1v) is 8.81. The van der Waals surface area contributed by atoms with Crippen LogP contribution in [0.1, 0.15) is 32.8 Å². The Bertz CT molecular complexity index is 530. The third-order valence-electron chi connectivity index (χ3n) is 3.22. The lowest BCUT2D eigenvalue weighted by Crippen LogP contribution is -2.34. The van der Waals surface area contributed by atoms with E-state index in [1.54, 1.807) is 19.2 Å². The van der Waals surface area contributed by atoms with Crippen molar-refractivity contribution < 1.29 is 8.42 Å². The van der Waals surface area contributed by atoms with Gasteiger partial charge in [-0.2, -0.15) is 0 Å². The largest absolute Gasteiger partial charge is 0.320 e. The Balaban J connectivity index is 2.80. The second-order valence-electron chi connectivity index (χ2n) is 6.67. The van der Waals surface area contributed by atoms with Gasteiger partial charge in [0.15, 0.2) is 0 Å². The Kier molecular flexibility index (Phi) is 6.38. The second kappa shape index (κ2) is 7.38. The van der Waals surface area contributed by atoms with Crippen molar-refractivity contribution in [2.45, 2.75) is 38.5 Å². The molecule has 1 N–H and O–H groups in total. The standard InChI is InChI=1S/C16H28N2O2S/c1-16(2,3)13-18(5)21(19,20)15-10-8-14(9-11-15)7-6-12-17-4/h8-11,17H,6-7,12-13H2,1-5H3. The van der Waals surface area contributed by atoms with Crippen LogP contribution < -0.4 is 5.32 Å². The van der Waals surface area contributed by atoms with E-state index in [4.69, 9.17) is 0 Å². The van der Waals surface area contributed by atoms with Gasteiger partial charge in [-0.25, -0.2) is 12.7 Å². The lowest BCUT2D eigenvalue weighted by molar-refractivity contribution is 0.311. The summed E-state index contributed by atoms with van der Waals surface area (Å²) in [6, 6.07) is 7.24. The molecule has 0 heterocycles. The minimum absolute atomic E-state index is 0.0606. The van der Waals surface area contributed by atoms with E-state index in [0.29, 0.717) is 11.4 Å². The molecule has 0 spiro atoms. The van der Waals surface area contributed by atoms with Crippen molar-refractivity contribution in [2.24, 2.45) is 5.41 Å². The molecule has 21 heavy (non-hydrogen) atoms. The SMILES string of the molecule is CNCCCc1ccc(S(=O)(=O)N(C)CC(C)(C)C)cc1. The molecule has 0 aliphatic rings. The Morgan fingerprint density at radius 1 is 1.14 bits per heavy atom. The van der Waals surface area contributed by atoms with Gasteiger partial charge in [-0.15, -0.1) is 0 Å². The summed E-state index contributed by atoms with van der Waals surface area (Å²) in [6.07, 6.45) is 2.01. The maximum absolute atomic E-state index is 12.5. The number of hydrogen-bond donors (Lipinski definition) is 1. The van der Waals surface area contributed by atoms with Crippen LogP contribution in [0, 0.1) is 5.41 Å². The van der Waals surface area contributed by atoms with Crippen LogP contribution in [0.15, 0.2) is 29.2 Å². The Morgan fingerprint density at radius 3 is 2.19 bits per heavy atom. The van der Waals surface area contributed by atoms with Gasteiger partial charge in [-0.3, -0.25) is 0 Å². The van der Waals surface area contributed by atoms with Gasteiger partial charge in [0.25, 0.3) is 0 Å². The molecule has 1 rings (SSSR count). The molecule has 0 saturated heterocycles. The molecule has 0 amide bonds. The van der Waals surface area contributed by atoms with Gasteiger partial charge in [0, 0.05) is 13.6 Å². The topological polar surface area (TPSA) is 49.4 Å². The van der Waals surface area contributed by atoms with E-state index < -0.39 is 10.0 Å². The zero-order valence-corrected chi connectivity index (χ0v) is 14.6. The van der Waals surface area contributed by atoms with Crippen LogP contribution in [0.3, 0.4) is 0 Å². The van der Waals surface area contributed by atoms with Gasteiger partial charge in [0.05, 0.1) is 4.90 Å². The van der Waals surface area contributed by atoms with Crippen LogP contribution in [-0.4, -0.2) is 39.9 Å². The summed E-state index contributed by atoms with van der Waals surface area (Å²) in [5, 5.41) is 3.11. The van der Waals surface area contributed by atoms with Gasteiger partial charge in [-0.1, -0.05) is 32.9 Å². The molecule has 0 unspecified atom stereocenters. The van der Waals surface area contributed by atoms with Gasteiger partial charge in [0.2, 0.25) is 10.0 Å². The van der Waals surface area contributed by atoms with E-state index in [1.165, 1.54) is 9.87 Å². The molecular weight excluding hydrogens is 284 g/mol. The monoisotopic (exact) mass is 312 g/mol. The van der Waals surface area contributed by atoms with E-state index in [1.807, 2.05) is 40.0 Å². The summed E-state index contributed by atoms with van der Waals surface area (Å²) in [7, 11) is 0.178. The van der Waals surface area contributed by atoms with Crippen LogP contribution in [0.25, 0.3) is 0 Å². The quantitative estimate of drug-likeness (QED) is 0.787. The van der Waals surface area contributed by atoms with E-state index in [0.717, 1.165) is 19.4 Å². The van der Waals surface area contributed by atoms with Crippen molar-refractivity contribution in [3.8, 4) is 0 Å². The third-order valence-corrected chi connectivity index (χ3v) is 5.04. The smallest absolute Gasteiger partial charge is 0.242 e. The maximum atomic E-state index is 12.5. The normalized spacial score (nSPS) is 12.9. The molecule has 0 radical (unpaired) electrons. The Hall–Kier alpha value is -0.910. The van der Waals surface area contributed by atoms with Crippen LogP contribution in [-0.2, 0) is 16.4 Å². The highest BCUT2D eigenvalue weighted by Gasteiger charge is 2.25. The molecular formula is C16H28N2O2S. The van der Waals surface area contributed by atoms with Gasteiger partial charge in [0.1, 0.15) is 0 Å². The fourth-order valence-corrected chi connectivity index (χ4v) is 3.63. The van der Waals surface area contributed by atoms with Crippen molar-refractivity contribution in [2.75, 3.05) is 27.2 Å². The van der Waals surface area contributed by atoms with Gasteiger partial charge < -0.3 is 5.32 Å². The fourth-order valence-electron chi connectivity index (χ4n) is 2.23. The molecule has 0 bridgehead atoms. The first-order chi connectivity index (χ1) is 9.66. The zero-order valence-electron chi connectivity index (χ0n) is 13.8. The van der Waals surface area contributed by atoms with Crippen molar-refractivity contribution in [3.63, 3.8) is 0 Å². The van der Waals surface area contributed by atoms with E-state index in [2.05, 4.69) is 5.32 Å². The summed E-state index contributed by atoms with van der Waals surface area (Å²) >= 11 is 0. The van der Waals surface area contributed by atoms with E-state index in [-0.39, 0.29) is 5.41 Å². The predicted octanol–water partition coefficient (Wildman–Crippen LogP) is 2.51. The van der Waals surface area contributed by atoms with Crippen LogP contribution in [0.2, 0.25) is 0 Å². The summed E-state index contributed by atoms with van der Waals surface area (Å²) in [6.45, 7) is 7.56. The highest BCUT2D eigenvalue weighted by atomic mass is 32.2. The lowest BCUT2D eigenvalue weighted by atomic mass is 9.97. The first-order valence-electron chi connectivity index (χ1n) is 7.37. The average molecular weight is 312 g/mol. The summed E-state index contributed by atoms with van der Waals surface area (Å²) in [4.78, 5) is 0.367. The van der Waals surface area contributed by atoms with Crippen LogP contribution in [0.5, 0.6) is 0 Å². The van der Waals surface area contributed by atoms with Crippen molar-refractivity contribution in [1.29, 1.82) is 0 Å². The number of sulfonamides is 1. The maximum Gasteiger partial charge on any atom is 0.242 e. The highest BCUT2D eigenvalue weighted by molar-refractivity contribution is 7.89.